The second-order valence-corrected chi connectivity index (χ2v) is 8.63. The summed E-state index contributed by atoms with van der Waals surface area (Å²) < 4.78 is 5.74. The molecular weight excluding hydrogens is 412 g/mol. The lowest BCUT2D eigenvalue weighted by Gasteiger charge is -2.37. The normalized spacial score (nSPS) is 21.4. The van der Waals surface area contributed by atoms with Crippen LogP contribution in [0.4, 0.5) is 5.69 Å². The van der Waals surface area contributed by atoms with Gasteiger partial charge in [-0.3, -0.25) is 4.79 Å². The quantitative estimate of drug-likeness (QED) is 0.639. The third-order valence-electron chi connectivity index (χ3n) is 6.03. The molecule has 0 bridgehead atoms. The summed E-state index contributed by atoms with van der Waals surface area (Å²) in [5, 5.41) is 0.741. The average Bonchev–Trinajstić information content (AvgIpc) is 3.30. The number of hydrazine groups is 1. The van der Waals surface area contributed by atoms with Gasteiger partial charge in [-0.25, -0.2) is 10.9 Å². The zero-order chi connectivity index (χ0) is 21.6. The molecule has 0 saturated carbocycles. The van der Waals surface area contributed by atoms with E-state index in [0.29, 0.717) is 0 Å². The number of hydrogen-bond acceptors (Lipinski definition) is 5. The van der Waals surface area contributed by atoms with Gasteiger partial charge in [0.05, 0.1) is 6.61 Å². The second-order valence-electron chi connectivity index (χ2n) is 8.19. The Kier molecular flexibility index (Phi) is 7.33. The number of carbonyl (C=O) groups is 1. The van der Waals surface area contributed by atoms with Crippen LogP contribution in [0.15, 0.2) is 48.5 Å². The molecular formula is C24H31ClN4O2. The fourth-order valence-corrected chi connectivity index (χ4v) is 4.25. The Bertz CT molecular complexity index is 851. The van der Waals surface area contributed by atoms with Gasteiger partial charge in [0.1, 0.15) is 11.8 Å². The smallest absolute Gasteiger partial charge is 0.241 e. The van der Waals surface area contributed by atoms with Crippen molar-refractivity contribution >= 4 is 23.2 Å². The van der Waals surface area contributed by atoms with Crippen molar-refractivity contribution in [1.82, 2.24) is 15.8 Å². The maximum Gasteiger partial charge on any atom is 0.241 e. The van der Waals surface area contributed by atoms with Crippen LogP contribution in [-0.2, 0) is 4.79 Å². The first-order chi connectivity index (χ1) is 15.1. The van der Waals surface area contributed by atoms with Crippen molar-refractivity contribution in [2.24, 2.45) is 0 Å². The highest BCUT2D eigenvalue weighted by Crippen LogP contribution is 2.26. The van der Waals surface area contributed by atoms with Crippen molar-refractivity contribution in [2.75, 3.05) is 37.7 Å². The van der Waals surface area contributed by atoms with Crippen LogP contribution in [0.2, 0.25) is 5.02 Å². The highest BCUT2D eigenvalue weighted by Gasteiger charge is 2.34. The Balaban J connectivity index is 1.26. The Morgan fingerprint density at radius 1 is 1.03 bits per heavy atom. The fourth-order valence-electron chi connectivity index (χ4n) is 4.12. The maximum absolute atomic E-state index is 13.0. The van der Waals surface area contributed by atoms with Crippen LogP contribution in [0, 0.1) is 0 Å². The molecule has 2 heterocycles. The summed E-state index contributed by atoms with van der Waals surface area (Å²) in [7, 11) is 0. The lowest BCUT2D eigenvalue weighted by molar-refractivity contribution is -0.133. The summed E-state index contributed by atoms with van der Waals surface area (Å²) >= 11 is 5.99. The number of carbonyl (C=O) groups excluding carboxylic acids is 1. The van der Waals surface area contributed by atoms with Gasteiger partial charge in [0.15, 0.2) is 0 Å². The molecule has 0 aromatic heterocycles. The number of benzene rings is 2. The first kappa shape index (κ1) is 21.9. The van der Waals surface area contributed by atoms with E-state index in [2.05, 4.69) is 34.8 Å². The van der Waals surface area contributed by atoms with Crippen LogP contribution in [0.25, 0.3) is 0 Å². The predicted octanol–water partition coefficient (Wildman–Crippen LogP) is 3.78. The number of piperazine rings is 1. The minimum Gasteiger partial charge on any atom is -0.494 e. The van der Waals surface area contributed by atoms with E-state index in [1.54, 1.807) is 0 Å². The standard InChI is InChI=1S/C24H31ClN4O2/c1-2-3-16-31-21-10-4-18(5-11-21)22-17-23(27-26-22)24(30)29-14-12-28(13-15-29)20-8-6-19(25)7-9-20/h4-11,22-23,26-27H,2-3,12-17H2,1H3. The van der Waals surface area contributed by atoms with E-state index < -0.39 is 0 Å². The molecule has 1 amide bonds. The van der Waals surface area contributed by atoms with E-state index in [1.165, 1.54) is 0 Å². The summed E-state index contributed by atoms with van der Waals surface area (Å²) in [6, 6.07) is 16.0. The lowest BCUT2D eigenvalue weighted by atomic mass is 10.0. The zero-order valence-electron chi connectivity index (χ0n) is 18.0. The van der Waals surface area contributed by atoms with E-state index in [-0.39, 0.29) is 18.0 Å². The Morgan fingerprint density at radius 2 is 1.74 bits per heavy atom. The van der Waals surface area contributed by atoms with E-state index in [4.69, 9.17) is 16.3 Å². The molecule has 2 aromatic rings. The van der Waals surface area contributed by atoms with Gasteiger partial charge in [0, 0.05) is 42.9 Å². The molecule has 31 heavy (non-hydrogen) atoms. The molecule has 2 fully saturated rings. The monoisotopic (exact) mass is 442 g/mol. The second kappa shape index (κ2) is 10.4. The molecule has 0 radical (unpaired) electrons. The number of nitrogens with one attached hydrogen (secondary N) is 2. The molecule has 2 N–H and O–H groups in total. The van der Waals surface area contributed by atoms with E-state index in [0.717, 1.165) is 74.1 Å². The van der Waals surface area contributed by atoms with Gasteiger partial charge in [0.2, 0.25) is 5.91 Å². The summed E-state index contributed by atoms with van der Waals surface area (Å²) in [4.78, 5) is 17.3. The molecule has 6 nitrogen and oxygen atoms in total. The molecule has 7 heteroatoms. The van der Waals surface area contributed by atoms with Crippen molar-refractivity contribution in [3.05, 3.63) is 59.1 Å². The van der Waals surface area contributed by atoms with Crippen molar-refractivity contribution in [1.29, 1.82) is 0 Å². The number of rotatable bonds is 7. The summed E-state index contributed by atoms with van der Waals surface area (Å²) in [6.07, 6.45) is 2.93. The molecule has 0 aliphatic carbocycles. The minimum absolute atomic E-state index is 0.119. The third-order valence-corrected chi connectivity index (χ3v) is 6.29. The Hall–Kier alpha value is -2.28. The van der Waals surface area contributed by atoms with Gasteiger partial charge < -0.3 is 14.5 Å². The van der Waals surface area contributed by atoms with Crippen LogP contribution in [0.3, 0.4) is 0 Å². The average molecular weight is 443 g/mol. The highest BCUT2D eigenvalue weighted by molar-refractivity contribution is 6.30. The van der Waals surface area contributed by atoms with E-state index in [1.807, 2.05) is 41.3 Å². The van der Waals surface area contributed by atoms with Crippen molar-refractivity contribution in [3.8, 4) is 5.75 Å². The number of anilines is 1. The zero-order valence-corrected chi connectivity index (χ0v) is 18.8. The molecule has 2 aliphatic heterocycles. The van der Waals surface area contributed by atoms with Crippen LogP contribution in [0.1, 0.15) is 37.8 Å². The van der Waals surface area contributed by atoms with Gasteiger partial charge in [-0.1, -0.05) is 37.1 Å². The number of halogens is 1. The molecule has 4 rings (SSSR count). The van der Waals surface area contributed by atoms with Gasteiger partial charge in [-0.05, 0) is 54.8 Å². The van der Waals surface area contributed by atoms with Gasteiger partial charge in [-0.15, -0.1) is 0 Å². The number of amides is 1. The lowest BCUT2D eigenvalue weighted by Crippen LogP contribution is -2.53. The third kappa shape index (κ3) is 5.50. The molecule has 2 atom stereocenters. The molecule has 2 saturated heterocycles. The van der Waals surface area contributed by atoms with Crippen LogP contribution < -0.4 is 20.5 Å². The Morgan fingerprint density at radius 3 is 2.42 bits per heavy atom. The first-order valence-corrected chi connectivity index (χ1v) is 11.5. The van der Waals surface area contributed by atoms with Gasteiger partial charge in [0.25, 0.3) is 0 Å². The maximum atomic E-state index is 13.0. The molecule has 2 aliphatic rings. The van der Waals surface area contributed by atoms with E-state index >= 15 is 0 Å². The number of unbranched alkanes of at least 4 members (excludes halogenated alkanes) is 1. The van der Waals surface area contributed by atoms with E-state index in [9.17, 15) is 4.79 Å². The fraction of sp³-hybridized carbons (Fsp3) is 0.458. The van der Waals surface area contributed by atoms with Crippen molar-refractivity contribution in [3.63, 3.8) is 0 Å². The molecule has 166 valence electrons. The Labute approximate surface area is 189 Å². The first-order valence-electron chi connectivity index (χ1n) is 11.2. The van der Waals surface area contributed by atoms with Crippen molar-refractivity contribution < 1.29 is 9.53 Å². The van der Waals surface area contributed by atoms with Gasteiger partial charge in [-0.2, -0.15) is 0 Å². The predicted molar refractivity (Wildman–Crippen MR) is 125 cm³/mol. The molecule has 2 aromatic carbocycles. The number of hydrogen-bond donors (Lipinski definition) is 2. The largest absolute Gasteiger partial charge is 0.494 e. The minimum atomic E-state index is -0.201. The topological polar surface area (TPSA) is 56.8 Å². The summed E-state index contributed by atoms with van der Waals surface area (Å²) in [5.74, 6) is 1.07. The molecule has 0 spiro atoms. The van der Waals surface area contributed by atoms with Gasteiger partial charge >= 0.3 is 0 Å². The van der Waals surface area contributed by atoms with Crippen molar-refractivity contribution in [2.45, 2.75) is 38.3 Å². The highest BCUT2D eigenvalue weighted by atomic mass is 35.5. The summed E-state index contributed by atoms with van der Waals surface area (Å²) in [5.41, 5.74) is 8.82. The summed E-state index contributed by atoms with van der Waals surface area (Å²) in [6.45, 7) is 6.03. The van der Waals surface area contributed by atoms with Crippen LogP contribution in [0.5, 0.6) is 5.75 Å². The van der Waals surface area contributed by atoms with Crippen LogP contribution >= 0.6 is 11.6 Å². The number of ether oxygens (including phenoxy) is 1. The SMILES string of the molecule is CCCCOc1ccc(C2CC(C(=O)N3CCN(c4ccc(Cl)cc4)CC3)NN2)cc1. The van der Waals surface area contributed by atoms with Crippen LogP contribution in [-0.4, -0.2) is 49.6 Å². The number of nitrogens with zero attached hydrogens (tertiary/aromatic N) is 2. The molecule has 2 unspecified atom stereocenters.